The van der Waals surface area contributed by atoms with E-state index >= 15 is 0 Å². The Kier molecular flexibility index (Phi) is 4.24. The van der Waals surface area contributed by atoms with E-state index in [1.807, 2.05) is 4.90 Å². The van der Waals surface area contributed by atoms with Gasteiger partial charge in [0.1, 0.15) is 0 Å². The van der Waals surface area contributed by atoms with Gasteiger partial charge in [-0.05, 0) is 31.0 Å². The van der Waals surface area contributed by atoms with E-state index < -0.39 is 5.97 Å². The average molecular weight is 277 g/mol. The summed E-state index contributed by atoms with van der Waals surface area (Å²) in [6.45, 7) is 1.11. The second-order valence-corrected chi connectivity index (χ2v) is 5.07. The maximum atomic E-state index is 11.5. The van der Waals surface area contributed by atoms with Crippen molar-refractivity contribution in [2.24, 2.45) is 5.73 Å². The number of piperidine rings is 1. The van der Waals surface area contributed by atoms with Gasteiger partial charge < -0.3 is 16.6 Å². The summed E-state index contributed by atoms with van der Waals surface area (Å²) in [6, 6.07) is 4.69. The number of anilines is 1. The molecule has 1 amide bonds. The van der Waals surface area contributed by atoms with Gasteiger partial charge in [-0.15, -0.1) is 0 Å². The molecule has 1 atom stereocenters. The number of hydrogen-bond acceptors (Lipinski definition) is 4. The third-order valence-corrected chi connectivity index (χ3v) is 3.71. The molecule has 1 aromatic rings. The number of nitrogen functional groups attached to an aromatic ring is 1. The molecule has 1 heterocycles. The molecule has 108 valence electrons. The predicted molar refractivity (Wildman–Crippen MR) is 75.1 cm³/mol. The Morgan fingerprint density at radius 1 is 1.35 bits per heavy atom. The van der Waals surface area contributed by atoms with Crippen LogP contribution in [-0.4, -0.2) is 34.5 Å². The number of carboxylic acid groups (broad SMARTS) is 1. The van der Waals surface area contributed by atoms with Crippen molar-refractivity contribution >= 4 is 17.6 Å². The van der Waals surface area contributed by atoms with Crippen LogP contribution in [0.2, 0.25) is 0 Å². The monoisotopic (exact) mass is 277 g/mol. The largest absolute Gasteiger partial charge is 0.478 e. The number of hydrogen-bond donors (Lipinski definition) is 3. The van der Waals surface area contributed by atoms with Crippen LogP contribution in [0.3, 0.4) is 0 Å². The van der Waals surface area contributed by atoms with Crippen molar-refractivity contribution in [1.29, 1.82) is 0 Å². The summed E-state index contributed by atoms with van der Waals surface area (Å²) in [7, 11) is 0. The zero-order valence-electron chi connectivity index (χ0n) is 11.2. The summed E-state index contributed by atoms with van der Waals surface area (Å²) in [4.78, 5) is 24.7. The minimum atomic E-state index is -1.05. The molecule has 0 bridgehead atoms. The zero-order chi connectivity index (χ0) is 14.7. The Hall–Kier alpha value is -2.08. The molecule has 1 aliphatic rings. The number of likely N-dealkylation sites (tertiary alicyclic amines) is 1. The van der Waals surface area contributed by atoms with Crippen LogP contribution in [-0.2, 0) is 11.3 Å². The van der Waals surface area contributed by atoms with Gasteiger partial charge in [-0.25, -0.2) is 4.79 Å². The standard InChI is InChI=1S/C14H19N3O3/c15-10-5-3-4-9(12(10)14(19)20)8-17-7-2-1-6-11(17)13(16)18/h3-5,11H,1-2,6-8,15H2,(H2,16,18)(H,19,20). The lowest BCUT2D eigenvalue weighted by atomic mass is 9.99. The van der Waals surface area contributed by atoms with Gasteiger partial charge in [0.25, 0.3) is 0 Å². The van der Waals surface area contributed by atoms with E-state index in [1.54, 1.807) is 18.2 Å². The van der Waals surface area contributed by atoms with Crippen molar-refractivity contribution in [3.05, 3.63) is 29.3 Å². The van der Waals surface area contributed by atoms with Crippen LogP contribution in [0.4, 0.5) is 5.69 Å². The van der Waals surface area contributed by atoms with E-state index in [1.165, 1.54) is 0 Å². The second-order valence-electron chi connectivity index (χ2n) is 5.07. The summed E-state index contributed by atoms with van der Waals surface area (Å²) in [5.74, 6) is -1.41. The van der Waals surface area contributed by atoms with Crippen molar-refractivity contribution in [3.8, 4) is 0 Å². The third kappa shape index (κ3) is 2.91. The Bertz CT molecular complexity index is 530. The van der Waals surface area contributed by atoms with Gasteiger partial charge in [0, 0.05) is 12.2 Å². The van der Waals surface area contributed by atoms with Crippen molar-refractivity contribution in [3.63, 3.8) is 0 Å². The molecule has 0 radical (unpaired) electrons. The van der Waals surface area contributed by atoms with E-state index in [0.29, 0.717) is 12.1 Å². The number of amides is 1. The molecule has 5 N–H and O–H groups in total. The van der Waals surface area contributed by atoms with Gasteiger partial charge >= 0.3 is 5.97 Å². The molecule has 0 saturated carbocycles. The molecule has 0 aliphatic carbocycles. The number of carbonyl (C=O) groups is 2. The Morgan fingerprint density at radius 3 is 2.75 bits per heavy atom. The Labute approximate surface area is 117 Å². The quantitative estimate of drug-likeness (QED) is 0.705. The van der Waals surface area contributed by atoms with Gasteiger partial charge in [0.05, 0.1) is 11.6 Å². The minimum Gasteiger partial charge on any atom is -0.478 e. The van der Waals surface area contributed by atoms with Crippen molar-refractivity contribution in [2.75, 3.05) is 12.3 Å². The van der Waals surface area contributed by atoms with Crippen LogP contribution in [0, 0.1) is 0 Å². The summed E-state index contributed by atoms with van der Waals surface area (Å²) < 4.78 is 0. The van der Waals surface area contributed by atoms with Crippen molar-refractivity contribution < 1.29 is 14.7 Å². The molecule has 1 fully saturated rings. The first kappa shape index (κ1) is 14.3. The lowest BCUT2D eigenvalue weighted by molar-refractivity contribution is -0.124. The van der Waals surface area contributed by atoms with E-state index in [2.05, 4.69) is 0 Å². The van der Waals surface area contributed by atoms with E-state index in [-0.39, 0.29) is 23.2 Å². The number of carbonyl (C=O) groups excluding carboxylic acids is 1. The minimum absolute atomic E-state index is 0.112. The van der Waals surface area contributed by atoms with E-state index in [0.717, 1.165) is 25.8 Å². The maximum absolute atomic E-state index is 11.5. The first-order chi connectivity index (χ1) is 9.50. The van der Waals surface area contributed by atoms with Crippen LogP contribution in [0.5, 0.6) is 0 Å². The molecule has 1 saturated heterocycles. The summed E-state index contributed by atoms with van der Waals surface area (Å²) in [6.07, 6.45) is 2.67. The molecule has 6 nitrogen and oxygen atoms in total. The number of benzene rings is 1. The fourth-order valence-electron chi connectivity index (χ4n) is 2.73. The lowest BCUT2D eigenvalue weighted by Gasteiger charge is -2.33. The highest BCUT2D eigenvalue weighted by Gasteiger charge is 2.28. The van der Waals surface area contributed by atoms with Crippen LogP contribution in [0.15, 0.2) is 18.2 Å². The Morgan fingerprint density at radius 2 is 2.10 bits per heavy atom. The topological polar surface area (TPSA) is 110 Å². The number of nitrogens with two attached hydrogens (primary N) is 2. The summed E-state index contributed by atoms with van der Waals surface area (Å²) >= 11 is 0. The molecule has 1 unspecified atom stereocenters. The highest BCUT2D eigenvalue weighted by molar-refractivity contribution is 5.95. The fourth-order valence-corrected chi connectivity index (χ4v) is 2.73. The molecule has 1 aliphatic heterocycles. The number of primary amides is 1. The number of rotatable bonds is 4. The van der Waals surface area contributed by atoms with Crippen LogP contribution >= 0.6 is 0 Å². The van der Waals surface area contributed by atoms with Crippen LogP contribution < -0.4 is 11.5 Å². The van der Waals surface area contributed by atoms with Gasteiger partial charge in [0.15, 0.2) is 0 Å². The highest BCUT2D eigenvalue weighted by Crippen LogP contribution is 2.23. The normalized spacial score (nSPS) is 19.7. The predicted octanol–water partition coefficient (Wildman–Crippen LogP) is 0.807. The molecule has 1 aromatic carbocycles. The maximum Gasteiger partial charge on any atom is 0.338 e. The third-order valence-electron chi connectivity index (χ3n) is 3.71. The van der Waals surface area contributed by atoms with Crippen LogP contribution in [0.25, 0.3) is 0 Å². The molecular weight excluding hydrogens is 258 g/mol. The van der Waals surface area contributed by atoms with Gasteiger partial charge in [-0.2, -0.15) is 0 Å². The molecular formula is C14H19N3O3. The average Bonchev–Trinajstić information content (AvgIpc) is 2.38. The number of nitrogens with zero attached hydrogens (tertiary/aromatic N) is 1. The molecule has 0 spiro atoms. The summed E-state index contributed by atoms with van der Waals surface area (Å²) in [5.41, 5.74) is 12.1. The van der Waals surface area contributed by atoms with Crippen LogP contribution in [0.1, 0.15) is 35.2 Å². The van der Waals surface area contributed by atoms with Crippen molar-refractivity contribution in [1.82, 2.24) is 4.90 Å². The first-order valence-electron chi connectivity index (χ1n) is 6.64. The van der Waals surface area contributed by atoms with E-state index in [4.69, 9.17) is 11.5 Å². The number of carboxylic acids is 1. The lowest BCUT2D eigenvalue weighted by Crippen LogP contribution is -2.47. The molecule has 6 heteroatoms. The SMILES string of the molecule is NC(=O)C1CCCCN1Cc1cccc(N)c1C(=O)O. The zero-order valence-corrected chi connectivity index (χ0v) is 11.2. The Balaban J connectivity index is 2.27. The van der Waals surface area contributed by atoms with Gasteiger partial charge in [-0.1, -0.05) is 18.6 Å². The molecule has 0 aromatic heterocycles. The summed E-state index contributed by atoms with van der Waals surface area (Å²) in [5, 5.41) is 9.26. The van der Waals surface area contributed by atoms with Gasteiger partial charge in [0.2, 0.25) is 5.91 Å². The molecule has 20 heavy (non-hydrogen) atoms. The first-order valence-corrected chi connectivity index (χ1v) is 6.64. The molecule has 2 rings (SSSR count). The second kappa shape index (κ2) is 5.92. The highest BCUT2D eigenvalue weighted by atomic mass is 16.4. The van der Waals surface area contributed by atoms with Gasteiger partial charge in [-0.3, -0.25) is 9.69 Å². The smallest absolute Gasteiger partial charge is 0.338 e. The van der Waals surface area contributed by atoms with Crippen molar-refractivity contribution in [2.45, 2.75) is 31.8 Å². The van der Waals surface area contributed by atoms with E-state index in [9.17, 15) is 14.7 Å². The fraction of sp³-hybridized carbons (Fsp3) is 0.429. The number of aromatic carboxylic acids is 1.